The quantitative estimate of drug-likeness (QED) is 0.619. The molecule has 0 spiro atoms. The number of hydrogen-bond donors (Lipinski definition) is 0. The van der Waals surface area contributed by atoms with Crippen LogP contribution in [-0.4, -0.2) is 38.8 Å². The maximum absolute atomic E-state index is 5.32. The highest BCUT2D eigenvalue weighted by molar-refractivity contribution is 4.95. The summed E-state index contributed by atoms with van der Waals surface area (Å²) in [7, 11) is 4.07. The van der Waals surface area contributed by atoms with Gasteiger partial charge in [0.25, 0.3) is 0 Å². The third-order valence-corrected chi connectivity index (χ3v) is 3.43. The normalized spacial score (nSPS) is 42.0. The summed E-state index contributed by atoms with van der Waals surface area (Å²) in [5, 5.41) is 0. The summed E-state index contributed by atoms with van der Waals surface area (Å²) in [5.74, 6) is 0.957. The Hall–Kier alpha value is -0.0800. The number of piperidine rings is 1. The molecule has 0 aromatic rings. The summed E-state index contributed by atoms with van der Waals surface area (Å²) in [5.41, 5.74) is 0.520. The van der Waals surface area contributed by atoms with Crippen molar-refractivity contribution in [2.75, 3.05) is 33.9 Å². The number of likely N-dealkylation sites (tertiary alicyclic amines) is 1. The first-order chi connectivity index (χ1) is 5.74. The summed E-state index contributed by atoms with van der Waals surface area (Å²) in [6.07, 6.45) is 4.22. The lowest BCUT2D eigenvalue weighted by atomic mass is 9.83. The van der Waals surface area contributed by atoms with Crippen molar-refractivity contribution in [2.45, 2.75) is 19.3 Å². The lowest BCUT2D eigenvalue weighted by molar-refractivity contribution is 0.0316. The standard InChI is InChI=1S/C10H19NO/c1-11-6-9-3-4-10(5-9,7-11)8-12-2/h9H,3-8H2,1-2H3/t9?,10-/m1/s1. The molecule has 2 rings (SSSR count). The van der Waals surface area contributed by atoms with E-state index in [4.69, 9.17) is 4.74 Å². The summed E-state index contributed by atoms with van der Waals surface area (Å²) in [4.78, 5) is 2.47. The van der Waals surface area contributed by atoms with Crippen LogP contribution in [0.5, 0.6) is 0 Å². The molecule has 0 amide bonds. The number of nitrogens with zero attached hydrogens (tertiary/aromatic N) is 1. The van der Waals surface area contributed by atoms with E-state index in [2.05, 4.69) is 11.9 Å². The van der Waals surface area contributed by atoms with E-state index in [0.29, 0.717) is 5.41 Å². The Bertz CT molecular complexity index is 167. The second kappa shape index (κ2) is 3.00. The number of hydrogen-bond acceptors (Lipinski definition) is 2. The van der Waals surface area contributed by atoms with Crippen molar-refractivity contribution in [3.63, 3.8) is 0 Å². The molecule has 1 heterocycles. The number of fused-ring (bicyclic) bond motifs is 2. The fourth-order valence-electron chi connectivity index (χ4n) is 3.19. The van der Waals surface area contributed by atoms with Gasteiger partial charge in [-0.15, -0.1) is 0 Å². The molecule has 0 N–H and O–H groups in total. The minimum Gasteiger partial charge on any atom is -0.384 e. The van der Waals surface area contributed by atoms with Crippen molar-refractivity contribution in [1.29, 1.82) is 0 Å². The Morgan fingerprint density at radius 1 is 1.58 bits per heavy atom. The number of ether oxygens (including phenoxy) is 1. The Labute approximate surface area is 74.9 Å². The molecule has 1 aliphatic heterocycles. The zero-order valence-electron chi connectivity index (χ0n) is 8.18. The van der Waals surface area contributed by atoms with E-state index in [1.54, 1.807) is 0 Å². The monoisotopic (exact) mass is 169 g/mol. The minimum absolute atomic E-state index is 0.520. The average molecular weight is 169 g/mol. The molecule has 1 aliphatic carbocycles. The van der Waals surface area contributed by atoms with Crippen LogP contribution in [0.2, 0.25) is 0 Å². The van der Waals surface area contributed by atoms with Crippen LogP contribution in [-0.2, 0) is 4.74 Å². The summed E-state index contributed by atoms with van der Waals surface area (Å²) in [6, 6.07) is 0. The van der Waals surface area contributed by atoms with Gasteiger partial charge >= 0.3 is 0 Å². The topological polar surface area (TPSA) is 12.5 Å². The van der Waals surface area contributed by atoms with E-state index in [1.807, 2.05) is 7.11 Å². The van der Waals surface area contributed by atoms with Crippen LogP contribution in [0.1, 0.15) is 19.3 Å². The van der Waals surface area contributed by atoms with E-state index in [-0.39, 0.29) is 0 Å². The second-order valence-corrected chi connectivity index (χ2v) is 4.74. The SMILES string of the molecule is COC[C@@]12CCC(CN(C)C1)C2. The average Bonchev–Trinajstić information content (AvgIpc) is 2.27. The molecule has 1 unspecified atom stereocenters. The van der Waals surface area contributed by atoms with Crippen LogP contribution in [0.15, 0.2) is 0 Å². The van der Waals surface area contributed by atoms with E-state index in [1.165, 1.54) is 32.4 Å². The molecule has 0 aromatic carbocycles. The van der Waals surface area contributed by atoms with Gasteiger partial charge < -0.3 is 9.64 Å². The fraction of sp³-hybridized carbons (Fsp3) is 1.00. The van der Waals surface area contributed by atoms with Crippen molar-refractivity contribution in [3.05, 3.63) is 0 Å². The van der Waals surface area contributed by atoms with Crippen LogP contribution in [0.4, 0.5) is 0 Å². The Kier molecular flexibility index (Phi) is 2.13. The van der Waals surface area contributed by atoms with Crippen LogP contribution in [0.25, 0.3) is 0 Å². The predicted octanol–water partition coefficient (Wildman–Crippen LogP) is 1.36. The van der Waals surface area contributed by atoms with Gasteiger partial charge in [-0.2, -0.15) is 0 Å². The molecule has 12 heavy (non-hydrogen) atoms. The van der Waals surface area contributed by atoms with Gasteiger partial charge in [0.15, 0.2) is 0 Å². The highest BCUT2D eigenvalue weighted by Gasteiger charge is 2.43. The maximum atomic E-state index is 5.32. The van der Waals surface area contributed by atoms with Gasteiger partial charge in [0, 0.05) is 25.6 Å². The zero-order chi connectivity index (χ0) is 8.60. The Morgan fingerprint density at radius 2 is 2.42 bits per heavy atom. The van der Waals surface area contributed by atoms with Crippen LogP contribution >= 0.6 is 0 Å². The van der Waals surface area contributed by atoms with E-state index >= 15 is 0 Å². The Morgan fingerprint density at radius 3 is 3.17 bits per heavy atom. The molecule has 2 heteroatoms. The molecule has 1 saturated carbocycles. The molecular weight excluding hydrogens is 150 g/mol. The largest absolute Gasteiger partial charge is 0.384 e. The molecule has 2 bridgehead atoms. The third-order valence-electron chi connectivity index (χ3n) is 3.43. The molecule has 2 atom stereocenters. The zero-order valence-corrected chi connectivity index (χ0v) is 8.18. The lowest BCUT2D eigenvalue weighted by Gasteiger charge is -2.38. The van der Waals surface area contributed by atoms with Gasteiger partial charge in [0.1, 0.15) is 0 Å². The molecule has 0 radical (unpaired) electrons. The first kappa shape index (κ1) is 8.52. The van der Waals surface area contributed by atoms with Crippen molar-refractivity contribution in [1.82, 2.24) is 4.90 Å². The van der Waals surface area contributed by atoms with Crippen LogP contribution < -0.4 is 0 Å². The van der Waals surface area contributed by atoms with Gasteiger partial charge in [-0.25, -0.2) is 0 Å². The first-order valence-corrected chi connectivity index (χ1v) is 4.92. The molecule has 70 valence electrons. The fourth-order valence-corrected chi connectivity index (χ4v) is 3.19. The Balaban J connectivity index is 2.05. The third kappa shape index (κ3) is 1.38. The number of rotatable bonds is 2. The summed E-state index contributed by atoms with van der Waals surface area (Å²) in [6.45, 7) is 3.52. The van der Waals surface area contributed by atoms with E-state index < -0.39 is 0 Å². The van der Waals surface area contributed by atoms with E-state index in [0.717, 1.165) is 12.5 Å². The van der Waals surface area contributed by atoms with Gasteiger partial charge in [0.2, 0.25) is 0 Å². The van der Waals surface area contributed by atoms with Crippen molar-refractivity contribution in [2.24, 2.45) is 11.3 Å². The molecule has 2 aliphatic rings. The predicted molar refractivity (Wildman–Crippen MR) is 49.1 cm³/mol. The molecule has 0 aromatic heterocycles. The van der Waals surface area contributed by atoms with Gasteiger partial charge in [-0.3, -0.25) is 0 Å². The molecular formula is C10H19NO. The highest BCUT2D eigenvalue weighted by Crippen LogP contribution is 2.45. The van der Waals surface area contributed by atoms with Crippen molar-refractivity contribution >= 4 is 0 Å². The lowest BCUT2D eigenvalue weighted by Crippen LogP contribution is -2.42. The summed E-state index contributed by atoms with van der Waals surface area (Å²) < 4.78 is 5.32. The second-order valence-electron chi connectivity index (χ2n) is 4.74. The summed E-state index contributed by atoms with van der Waals surface area (Å²) >= 11 is 0. The van der Waals surface area contributed by atoms with Crippen LogP contribution in [0, 0.1) is 11.3 Å². The van der Waals surface area contributed by atoms with Gasteiger partial charge in [-0.1, -0.05) is 0 Å². The minimum atomic E-state index is 0.520. The molecule has 1 saturated heterocycles. The van der Waals surface area contributed by atoms with E-state index in [9.17, 15) is 0 Å². The maximum Gasteiger partial charge on any atom is 0.0531 e. The van der Waals surface area contributed by atoms with Gasteiger partial charge in [-0.05, 0) is 32.2 Å². The van der Waals surface area contributed by atoms with Crippen molar-refractivity contribution < 1.29 is 4.74 Å². The smallest absolute Gasteiger partial charge is 0.0531 e. The molecule has 2 fully saturated rings. The molecule has 2 nitrogen and oxygen atoms in total. The highest BCUT2D eigenvalue weighted by atomic mass is 16.5. The number of methoxy groups -OCH3 is 1. The van der Waals surface area contributed by atoms with Crippen molar-refractivity contribution in [3.8, 4) is 0 Å². The van der Waals surface area contributed by atoms with Crippen LogP contribution in [0.3, 0.4) is 0 Å². The first-order valence-electron chi connectivity index (χ1n) is 4.92. The van der Waals surface area contributed by atoms with Gasteiger partial charge in [0.05, 0.1) is 6.61 Å².